The number of nitrogens with one attached hydrogen (secondary N) is 1. The average Bonchev–Trinajstić information content (AvgIpc) is 3.51. The minimum atomic E-state index is -1.58. The van der Waals surface area contributed by atoms with E-state index < -0.39 is 49.5 Å². The van der Waals surface area contributed by atoms with Crippen LogP contribution in [-0.4, -0.2) is 100 Å². The molecule has 482 valence electrons. The second-order valence-corrected chi connectivity index (χ2v) is 23.9. The second-order valence-electron chi connectivity index (χ2n) is 23.9. The summed E-state index contributed by atoms with van der Waals surface area (Å²) in [6, 6.07) is -0.830. The van der Waals surface area contributed by atoms with Crippen LogP contribution in [0.25, 0.3) is 0 Å². The first-order chi connectivity index (χ1) is 40.7. The van der Waals surface area contributed by atoms with Gasteiger partial charge in [-0.1, -0.05) is 267 Å². The van der Waals surface area contributed by atoms with E-state index in [1.165, 1.54) is 205 Å². The smallest absolute Gasteiger partial charge is 0.305 e. The number of carbonyl (C=O) groups excluding carboxylic acids is 2. The van der Waals surface area contributed by atoms with Crippen LogP contribution in [0.2, 0.25) is 0 Å². The zero-order valence-electron chi connectivity index (χ0n) is 53.4. The van der Waals surface area contributed by atoms with Gasteiger partial charge in [-0.2, -0.15) is 0 Å². The molecule has 0 saturated carbocycles. The molecule has 1 rings (SSSR count). The topological polar surface area (TPSA) is 175 Å². The second kappa shape index (κ2) is 60.8. The largest absolute Gasteiger partial charge is 0.466 e. The van der Waals surface area contributed by atoms with Gasteiger partial charge in [-0.05, 0) is 103 Å². The molecule has 1 amide bonds. The van der Waals surface area contributed by atoms with Gasteiger partial charge in [0.25, 0.3) is 0 Å². The lowest BCUT2D eigenvalue weighted by Gasteiger charge is -2.40. The molecule has 1 aliphatic heterocycles. The molecule has 0 radical (unpaired) electrons. The summed E-state index contributed by atoms with van der Waals surface area (Å²) in [6.07, 6.45) is 71.7. The maximum atomic E-state index is 13.0. The molecular weight excluding hydrogens is 1040 g/mol. The first-order valence-corrected chi connectivity index (χ1v) is 34.7. The predicted octanol–water partition coefficient (Wildman–Crippen LogP) is 17.5. The Morgan fingerprint density at radius 2 is 0.831 bits per heavy atom. The number of hydrogen-bond acceptors (Lipinski definition) is 10. The van der Waals surface area contributed by atoms with Crippen molar-refractivity contribution in [3.8, 4) is 0 Å². The normalized spacial score (nSPS) is 18.6. The Labute approximate surface area is 509 Å². The standard InChI is InChI=1S/C72H129NO10/c1-3-5-7-9-11-13-15-17-36-40-44-48-52-56-60-68(77)81-61-57-53-49-45-41-37-34-32-30-28-26-24-22-20-18-19-21-23-25-27-29-31-33-35-39-43-47-51-55-59-67(76)73-64(63-82-72-71(80)70(79)69(78)66(62-74)83-72)65(75)58-54-50-46-42-38-16-14-12-10-8-6-4-2/h9,11,15,17-18,20,24,26,38,42,54,58,64-66,69-72,74-75,78-80H,3-8,10,12-14,16,19,21-23,25,27-37,39-41,43-53,55-57,59-63H2,1-2H3,(H,73,76)/b11-9-,17-15-,20-18-,26-24-,42-38+,58-54+. The van der Waals surface area contributed by atoms with Gasteiger partial charge in [0.15, 0.2) is 6.29 Å². The quantitative estimate of drug-likeness (QED) is 0.0195. The molecule has 0 aromatic heterocycles. The van der Waals surface area contributed by atoms with E-state index >= 15 is 0 Å². The summed E-state index contributed by atoms with van der Waals surface area (Å²) in [6.45, 7) is 4.27. The van der Waals surface area contributed by atoms with E-state index in [4.69, 9.17) is 14.2 Å². The maximum absolute atomic E-state index is 13.0. The molecule has 0 spiro atoms. The van der Waals surface area contributed by atoms with Crippen LogP contribution in [0.15, 0.2) is 72.9 Å². The van der Waals surface area contributed by atoms with E-state index in [0.717, 1.165) is 77.0 Å². The van der Waals surface area contributed by atoms with Crippen molar-refractivity contribution in [3.63, 3.8) is 0 Å². The highest BCUT2D eigenvalue weighted by molar-refractivity contribution is 5.76. The van der Waals surface area contributed by atoms with Crippen LogP contribution < -0.4 is 5.32 Å². The molecule has 6 N–H and O–H groups in total. The van der Waals surface area contributed by atoms with Crippen LogP contribution in [0.4, 0.5) is 0 Å². The lowest BCUT2D eigenvalue weighted by Crippen LogP contribution is -2.60. The Morgan fingerprint density at radius 1 is 0.446 bits per heavy atom. The number of aliphatic hydroxyl groups is 5. The van der Waals surface area contributed by atoms with Crippen molar-refractivity contribution in [2.75, 3.05) is 19.8 Å². The fourth-order valence-electron chi connectivity index (χ4n) is 10.5. The number of ether oxygens (including phenoxy) is 3. The Balaban J connectivity index is 1.99. The van der Waals surface area contributed by atoms with Crippen LogP contribution in [-0.2, 0) is 23.8 Å². The first kappa shape index (κ1) is 78.1. The van der Waals surface area contributed by atoms with Crippen LogP contribution >= 0.6 is 0 Å². The van der Waals surface area contributed by atoms with Gasteiger partial charge in [-0.25, -0.2) is 0 Å². The van der Waals surface area contributed by atoms with Crippen molar-refractivity contribution in [2.24, 2.45) is 0 Å². The Bertz CT molecular complexity index is 1610. The fourth-order valence-corrected chi connectivity index (χ4v) is 10.5. The van der Waals surface area contributed by atoms with Crippen molar-refractivity contribution in [2.45, 2.75) is 352 Å². The predicted molar refractivity (Wildman–Crippen MR) is 347 cm³/mol. The number of allylic oxidation sites excluding steroid dienone is 11. The average molecular weight is 1170 g/mol. The van der Waals surface area contributed by atoms with Gasteiger partial charge in [0.1, 0.15) is 24.4 Å². The first-order valence-electron chi connectivity index (χ1n) is 34.7. The van der Waals surface area contributed by atoms with Crippen molar-refractivity contribution in [1.29, 1.82) is 0 Å². The zero-order valence-corrected chi connectivity index (χ0v) is 53.4. The summed E-state index contributed by atoms with van der Waals surface area (Å²) in [7, 11) is 0. The number of aliphatic hydroxyl groups excluding tert-OH is 5. The van der Waals surface area contributed by atoms with Crippen molar-refractivity contribution < 1.29 is 49.3 Å². The molecule has 1 saturated heterocycles. The third kappa shape index (κ3) is 49.9. The molecule has 0 aromatic carbocycles. The Kier molecular flexibility index (Phi) is 57.2. The highest BCUT2D eigenvalue weighted by Crippen LogP contribution is 2.23. The molecule has 0 bridgehead atoms. The van der Waals surface area contributed by atoms with E-state index in [2.05, 4.69) is 79.9 Å². The van der Waals surface area contributed by atoms with Gasteiger partial charge in [0.05, 0.1) is 32.0 Å². The minimum Gasteiger partial charge on any atom is -0.466 e. The third-order valence-corrected chi connectivity index (χ3v) is 16.0. The van der Waals surface area contributed by atoms with Gasteiger partial charge in [-0.3, -0.25) is 9.59 Å². The van der Waals surface area contributed by atoms with Gasteiger partial charge in [0.2, 0.25) is 5.91 Å². The molecule has 1 heterocycles. The molecule has 11 nitrogen and oxygen atoms in total. The maximum Gasteiger partial charge on any atom is 0.305 e. The molecule has 7 atom stereocenters. The zero-order chi connectivity index (χ0) is 60.2. The van der Waals surface area contributed by atoms with Gasteiger partial charge >= 0.3 is 5.97 Å². The molecule has 11 heteroatoms. The van der Waals surface area contributed by atoms with Crippen LogP contribution in [0, 0.1) is 0 Å². The molecule has 1 aliphatic rings. The van der Waals surface area contributed by atoms with Crippen LogP contribution in [0.1, 0.15) is 309 Å². The summed E-state index contributed by atoms with van der Waals surface area (Å²) in [5, 5.41) is 54.4. The van der Waals surface area contributed by atoms with Crippen LogP contribution in [0.5, 0.6) is 0 Å². The SMILES string of the molecule is CCCC/C=C\C/C=C\CCCCCCCC(=O)OCCCCCCCCCCC/C=C\C/C=C\CCCCCCCCCCCCCCCC(=O)NC(COC1OC(CO)C(O)C(O)C1O)C(O)/C=C/CC/C=C/CCCCCCCC. The number of rotatable bonds is 60. The van der Waals surface area contributed by atoms with E-state index in [-0.39, 0.29) is 18.5 Å². The number of esters is 1. The Morgan fingerprint density at radius 3 is 1.30 bits per heavy atom. The van der Waals surface area contributed by atoms with Crippen molar-refractivity contribution in [1.82, 2.24) is 5.32 Å². The molecule has 0 aromatic rings. The minimum absolute atomic E-state index is 0.0122. The molecule has 7 unspecified atom stereocenters. The van der Waals surface area contributed by atoms with E-state index in [9.17, 15) is 35.1 Å². The lowest BCUT2D eigenvalue weighted by atomic mass is 9.99. The van der Waals surface area contributed by atoms with E-state index in [0.29, 0.717) is 19.4 Å². The highest BCUT2D eigenvalue weighted by Gasteiger charge is 2.44. The van der Waals surface area contributed by atoms with Crippen molar-refractivity contribution in [3.05, 3.63) is 72.9 Å². The van der Waals surface area contributed by atoms with E-state index in [1.54, 1.807) is 6.08 Å². The monoisotopic (exact) mass is 1170 g/mol. The summed E-state index contributed by atoms with van der Waals surface area (Å²) in [5.74, 6) is -0.206. The lowest BCUT2D eigenvalue weighted by molar-refractivity contribution is -0.302. The number of amides is 1. The number of unbranched alkanes of at least 4 members (excludes halogenated alkanes) is 36. The van der Waals surface area contributed by atoms with Gasteiger partial charge < -0.3 is 45.1 Å². The molecule has 83 heavy (non-hydrogen) atoms. The third-order valence-electron chi connectivity index (χ3n) is 16.0. The van der Waals surface area contributed by atoms with Crippen LogP contribution in [0.3, 0.4) is 0 Å². The number of carbonyl (C=O) groups is 2. The Hall–Kier alpha value is -2.90. The number of hydrogen-bond donors (Lipinski definition) is 6. The molecule has 0 aliphatic carbocycles. The van der Waals surface area contributed by atoms with Crippen molar-refractivity contribution >= 4 is 11.9 Å². The highest BCUT2D eigenvalue weighted by atomic mass is 16.7. The fraction of sp³-hybridized carbons (Fsp3) is 0.806. The van der Waals surface area contributed by atoms with E-state index in [1.807, 2.05) is 6.08 Å². The summed E-state index contributed by atoms with van der Waals surface area (Å²) >= 11 is 0. The summed E-state index contributed by atoms with van der Waals surface area (Å²) < 4.78 is 16.7. The molecule has 1 fully saturated rings. The summed E-state index contributed by atoms with van der Waals surface area (Å²) in [5.41, 5.74) is 0. The van der Waals surface area contributed by atoms with Gasteiger partial charge in [0, 0.05) is 12.8 Å². The van der Waals surface area contributed by atoms with Gasteiger partial charge in [-0.15, -0.1) is 0 Å². The summed E-state index contributed by atoms with van der Waals surface area (Å²) in [4.78, 5) is 25.1. The molecular formula is C72H129NO10.